The molecule has 0 saturated carbocycles. The quantitative estimate of drug-likeness (QED) is 0.626. The van der Waals surface area contributed by atoms with E-state index in [1.165, 1.54) is 34.6 Å². The number of rotatable bonds is 6. The number of carbonyl (C=O) groups is 1. The Morgan fingerprint density at radius 2 is 1.71 bits per heavy atom. The molecule has 0 aliphatic heterocycles. The Bertz CT molecular complexity index is 1220. The van der Waals surface area contributed by atoms with Crippen LogP contribution < -0.4 is 14.4 Å². The van der Waals surface area contributed by atoms with Crippen molar-refractivity contribution in [1.82, 2.24) is 0 Å². The molecule has 1 N–H and O–H groups in total. The Kier molecular flexibility index (Phi) is 5.69. The highest BCUT2D eigenvalue weighted by atomic mass is 32.2. The van der Waals surface area contributed by atoms with Crippen molar-refractivity contribution in [2.75, 3.05) is 23.8 Å². The Balaban J connectivity index is 1.55. The van der Waals surface area contributed by atoms with Crippen molar-refractivity contribution in [2.24, 2.45) is 0 Å². The van der Waals surface area contributed by atoms with E-state index in [0.29, 0.717) is 17.1 Å². The second-order valence-corrected chi connectivity index (χ2v) is 9.46. The summed E-state index contributed by atoms with van der Waals surface area (Å²) in [5.74, 6) is 0.293. The van der Waals surface area contributed by atoms with Gasteiger partial charge in [-0.1, -0.05) is 12.1 Å². The molecule has 0 heterocycles. The smallest absolute Gasteiger partial charge is 0.264 e. The first-order valence-corrected chi connectivity index (χ1v) is 11.5. The molecular weight excluding hydrogens is 412 g/mol. The second-order valence-electron chi connectivity index (χ2n) is 7.49. The van der Waals surface area contributed by atoms with Crippen molar-refractivity contribution in [1.29, 1.82) is 0 Å². The van der Waals surface area contributed by atoms with E-state index in [9.17, 15) is 13.2 Å². The summed E-state index contributed by atoms with van der Waals surface area (Å²) in [6.45, 7) is 0. The zero-order chi connectivity index (χ0) is 22.0. The molecule has 1 aliphatic carbocycles. The van der Waals surface area contributed by atoms with Crippen molar-refractivity contribution in [2.45, 2.75) is 24.2 Å². The number of methoxy groups -OCH3 is 1. The van der Waals surface area contributed by atoms with Crippen LogP contribution >= 0.6 is 0 Å². The SMILES string of the molecule is COc1ccc(N(C)S(=O)(=O)c2cccc(C(=O)Nc3ccc4c(c3)CCC4)c2)cc1. The van der Waals surface area contributed by atoms with Gasteiger partial charge in [0.25, 0.3) is 15.9 Å². The number of anilines is 2. The zero-order valence-corrected chi connectivity index (χ0v) is 18.3. The predicted molar refractivity (Wildman–Crippen MR) is 121 cm³/mol. The lowest BCUT2D eigenvalue weighted by molar-refractivity contribution is 0.102. The number of ether oxygens (including phenoxy) is 1. The number of fused-ring (bicyclic) bond motifs is 1. The molecule has 6 nitrogen and oxygen atoms in total. The van der Waals surface area contributed by atoms with E-state index in [-0.39, 0.29) is 16.4 Å². The topological polar surface area (TPSA) is 75.7 Å². The molecule has 31 heavy (non-hydrogen) atoms. The van der Waals surface area contributed by atoms with Crippen LogP contribution in [0, 0.1) is 0 Å². The maximum absolute atomic E-state index is 13.1. The molecule has 0 saturated heterocycles. The third-order valence-corrected chi connectivity index (χ3v) is 7.33. The van der Waals surface area contributed by atoms with Gasteiger partial charge in [-0.3, -0.25) is 9.10 Å². The van der Waals surface area contributed by atoms with Gasteiger partial charge in [-0.25, -0.2) is 8.42 Å². The van der Waals surface area contributed by atoms with E-state index in [1.807, 2.05) is 18.2 Å². The average molecular weight is 437 g/mol. The lowest BCUT2D eigenvalue weighted by Gasteiger charge is -2.20. The van der Waals surface area contributed by atoms with Gasteiger partial charge in [0, 0.05) is 18.3 Å². The molecule has 0 unspecified atom stereocenters. The molecule has 0 atom stereocenters. The van der Waals surface area contributed by atoms with E-state index < -0.39 is 10.0 Å². The van der Waals surface area contributed by atoms with Gasteiger partial charge in [0.05, 0.1) is 17.7 Å². The predicted octanol–water partition coefficient (Wildman–Crippen LogP) is 4.26. The van der Waals surface area contributed by atoms with Crippen molar-refractivity contribution < 1.29 is 17.9 Å². The fourth-order valence-corrected chi connectivity index (χ4v) is 4.98. The first kappa shape index (κ1) is 20.9. The van der Waals surface area contributed by atoms with Crippen LogP contribution in [0.1, 0.15) is 27.9 Å². The number of nitrogens with one attached hydrogen (secondary N) is 1. The summed E-state index contributed by atoms with van der Waals surface area (Å²) < 4.78 is 32.5. The first-order chi connectivity index (χ1) is 14.9. The van der Waals surface area contributed by atoms with E-state index in [2.05, 4.69) is 5.32 Å². The van der Waals surface area contributed by atoms with Gasteiger partial charge in [0.2, 0.25) is 0 Å². The largest absolute Gasteiger partial charge is 0.497 e. The second kappa shape index (κ2) is 8.43. The van der Waals surface area contributed by atoms with Gasteiger partial charge in [-0.2, -0.15) is 0 Å². The van der Waals surface area contributed by atoms with Gasteiger partial charge in [0.15, 0.2) is 0 Å². The third-order valence-electron chi connectivity index (χ3n) is 5.55. The summed E-state index contributed by atoms with van der Waals surface area (Å²) in [7, 11) is -0.805. The zero-order valence-electron chi connectivity index (χ0n) is 17.5. The number of aryl methyl sites for hydroxylation is 2. The molecule has 1 amide bonds. The van der Waals surface area contributed by atoms with Crippen LogP contribution in [0.25, 0.3) is 0 Å². The van der Waals surface area contributed by atoms with Gasteiger partial charge < -0.3 is 10.1 Å². The lowest BCUT2D eigenvalue weighted by Crippen LogP contribution is -2.26. The normalized spacial score (nSPS) is 12.8. The minimum Gasteiger partial charge on any atom is -0.497 e. The Hall–Kier alpha value is -3.32. The highest BCUT2D eigenvalue weighted by molar-refractivity contribution is 7.92. The lowest BCUT2D eigenvalue weighted by atomic mass is 10.1. The van der Waals surface area contributed by atoms with Gasteiger partial charge in [-0.05, 0) is 85.0 Å². The minimum absolute atomic E-state index is 0.0485. The average Bonchev–Trinajstić information content (AvgIpc) is 3.26. The molecule has 3 aromatic carbocycles. The Morgan fingerprint density at radius 3 is 2.45 bits per heavy atom. The molecule has 4 rings (SSSR count). The van der Waals surface area contributed by atoms with Crippen molar-refractivity contribution in [3.63, 3.8) is 0 Å². The number of benzene rings is 3. The van der Waals surface area contributed by atoms with Crippen LogP contribution in [0.3, 0.4) is 0 Å². The summed E-state index contributed by atoms with van der Waals surface area (Å²) in [6.07, 6.45) is 3.23. The minimum atomic E-state index is -3.84. The molecule has 160 valence electrons. The number of sulfonamides is 1. The van der Waals surface area contributed by atoms with Crippen LogP contribution in [-0.4, -0.2) is 28.5 Å². The molecule has 0 aromatic heterocycles. The van der Waals surface area contributed by atoms with Crippen LogP contribution in [-0.2, 0) is 22.9 Å². The molecule has 7 heteroatoms. The molecule has 0 bridgehead atoms. The van der Waals surface area contributed by atoms with Crippen molar-refractivity contribution >= 4 is 27.3 Å². The fraction of sp³-hybridized carbons (Fsp3) is 0.208. The fourth-order valence-electron chi connectivity index (χ4n) is 3.74. The maximum atomic E-state index is 13.1. The van der Waals surface area contributed by atoms with Gasteiger partial charge in [-0.15, -0.1) is 0 Å². The van der Waals surface area contributed by atoms with Crippen molar-refractivity contribution in [3.05, 3.63) is 83.4 Å². The number of hydrogen-bond acceptors (Lipinski definition) is 4. The van der Waals surface area contributed by atoms with Crippen LogP contribution in [0.15, 0.2) is 71.6 Å². The van der Waals surface area contributed by atoms with Crippen LogP contribution in [0.4, 0.5) is 11.4 Å². The van der Waals surface area contributed by atoms with Gasteiger partial charge >= 0.3 is 0 Å². The summed E-state index contributed by atoms with van der Waals surface area (Å²) in [6, 6.07) is 18.7. The van der Waals surface area contributed by atoms with E-state index >= 15 is 0 Å². The summed E-state index contributed by atoms with van der Waals surface area (Å²) in [4.78, 5) is 12.8. The number of carbonyl (C=O) groups excluding carboxylic acids is 1. The summed E-state index contributed by atoms with van der Waals surface area (Å²) in [5, 5.41) is 2.88. The van der Waals surface area contributed by atoms with E-state index in [1.54, 1.807) is 43.5 Å². The highest BCUT2D eigenvalue weighted by Gasteiger charge is 2.23. The Morgan fingerprint density at radius 1 is 0.968 bits per heavy atom. The molecule has 0 spiro atoms. The molecule has 3 aromatic rings. The molecular formula is C24H24N2O4S. The molecule has 0 radical (unpaired) electrons. The van der Waals surface area contributed by atoms with Crippen molar-refractivity contribution in [3.8, 4) is 5.75 Å². The number of hydrogen-bond donors (Lipinski definition) is 1. The van der Waals surface area contributed by atoms with E-state index in [0.717, 1.165) is 19.3 Å². The van der Waals surface area contributed by atoms with Crippen LogP contribution in [0.5, 0.6) is 5.75 Å². The van der Waals surface area contributed by atoms with Gasteiger partial charge in [0.1, 0.15) is 5.75 Å². The Labute approximate surface area is 182 Å². The van der Waals surface area contributed by atoms with Crippen LogP contribution in [0.2, 0.25) is 0 Å². The van der Waals surface area contributed by atoms with E-state index in [4.69, 9.17) is 4.74 Å². The molecule has 0 fully saturated rings. The first-order valence-electron chi connectivity index (χ1n) is 10.0. The summed E-state index contributed by atoms with van der Waals surface area (Å²) >= 11 is 0. The highest BCUT2D eigenvalue weighted by Crippen LogP contribution is 2.27. The maximum Gasteiger partial charge on any atom is 0.264 e. The monoisotopic (exact) mass is 436 g/mol. The standard InChI is InChI=1S/C24H24N2O4S/c1-26(21-11-13-22(30-2)14-12-21)31(28,29)23-8-4-7-19(16-23)24(27)25-20-10-9-17-5-3-6-18(17)15-20/h4,7-16H,3,5-6H2,1-2H3,(H,25,27). The third kappa shape index (κ3) is 4.27. The molecule has 1 aliphatic rings. The summed E-state index contributed by atoms with van der Waals surface area (Å²) in [5.41, 5.74) is 4.08. The number of amides is 1. The number of nitrogens with zero attached hydrogens (tertiary/aromatic N) is 1.